The van der Waals surface area contributed by atoms with Crippen LogP contribution in [0.25, 0.3) is 0 Å². The zero-order valence-electron chi connectivity index (χ0n) is 17.6. The van der Waals surface area contributed by atoms with Crippen molar-refractivity contribution in [3.63, 3.8) is 0 Å². The SMILES string of the molecule is CCCN1CCC(NC(=NCc2ccccc2S(=O)(=O)N(C)C)NCC)CC1. The molecule has 0 aromatic heterocycles. The Labute approximate surface area is 170 Å². The molecule has 1 aliphatic rings. The molecular weight excluding hydrogens is 374 g/mol. The van der Waals surface area contributed by atoms with Crippen LogP contribution in [0.4, 0.5) is 0 Å². The number of likely N-dealkylation sites (tertiary alicyclic amines) is 1. The number of hydrogen-bond acceptors (Lipinski definition) is 4. The highest BCUT2D eigenvalue weighted by Gasteiger charge is 2.21. The number of rotatable bonds is 8. The molecule has 0 aliphatic carbocycles. The number of nitrogens with zero attached hydrogens (tertiary/aromatic N) is 3. The van der Waals surface area contributed by atoms with Crippen molar-refractivity contribution in [3.05, 3.63) is 29.8 Å². The zero-order valence-corrected chi connectivity index (χ0v) is 18.4. The van der Waals surface area contributed by atoms with Gasteiger partial charge in [0.15, 0.2) is 5.96 Å². The van der Waals surface area contributed by atoms with Crippen LogP contribution < -0.4 is 10.6 Å². The van der Waals surface area contributed by atoms with E-state index in [9.17, 15) is 8.42 Å². The van der Waals surface area contributed by atoms with E-state index in [0.717, 1.165) is 45.0 Å². The number of nitrogens with one attached hydrogen (secondary N) is 2. The molecule has 1 aliphatic heterocycles. The van der Waals surface area contributed by atoms with Crippen LogP contribution >= 0.6 is 0 Å². The normalized spacial score (nSPS) is 17.1. The summed E-state index contributed by atoms with van der Waals surface area (Å²) in [5.41, 5.74) is 0.700. The van der Waals surface area contributed by atoms with Crippen molar-refractivity contribution in [1.82, 2.24) is 19.8 Å². The van der Waals surface area contributed by atoms with Gasteiger partial charge >= 0.3 is 0 Å². The number of sulfonamides is 1. The van der Waals surface area contributed by atoms with Crippen molar-refractivity contribution in [3.8, 4) is 0 Å². The predicted octanol–water partition coefficient (Wildman–Crippen LogP) is 1.87. The van der Waals surface area contributed by atoms with Crippen molar-refractivity contribution in [1.29, 1.82) is 0 Å². The summed E-state index contributed by atoms with van der Waals surface area (Å²) in [7, 11) is -0.394. The first-order valence-electron chi connectivity index (χ1n) is 10.2. The van der Waals surface area contributed by atoms with Crippen molar-refractivity contribution in [2.45, 2.75) is 50.6 Å². The summed E-state index contributed by atoms with van der Waals surface area (Å²) >= 11 is 0. The second-order valence-electron chi connectivity index (χ2n) is 7.35. The van der Waals surface area contributed by atoms with Crippen molar-refractivity contribution in [2.75, 3.05) is 40.3 Å². The largest absolute Gasteiger partial charge is 0.357 e. The number of aliphatic imine (C=N–C) groups is 1. The van der Waals surface area contributed by atoms with E-state index in [1.165, 1.54) is 10.7 Å². The highest BCUT2D eigenvalue weighted by molar-refractivity contribution is 7.89. The first-order chi connectivity index (χ1) is 13.4. The molecule has 0 radical (unpaired) electrons. The average Bonchev–Trinajstić information content (AvgIpc) is 2.68. The third-order valence-electron chi connectivity index (χ3n) is 4.95. The minimum atomic E-state index is -3.49. The quantitative estimate of drug-likeness (QED) is 0.506. The van der Waals surface area contributed by atoms with Gasteiger partial charge < -0.3 is 15.5 Å². The molecule has 7 nitrogen and oxygen atoms in total. The van der Waals surface area contributed by atoms with E-state index in [2.05, 4.69) is 27.4 Å². The number of guanidine groups is 1. The van der Waals surface area contributed by atoms with Gasteiger partial charge in [-0.3, -0.25) is 0 Å². The summed E-state index contributed by atoms with van der Waals surface area (Å²) < 4.78 is 26.4. The van der Waals surface area contributed by atoms with Gasteiger partial charge in [-0.15, -0.1) is 0 Å². The highest BCUT2D eigenvalue weighted by atomic mass is 32.2. The Morgan fingerprint density at radius 2 is 1.89 bits per heavy atom. The van der Waals surface area contributed by atoms with E-state index < -0.39 is 10.0 Å². The maximum Gasteiger partial charge on any atom is 0.242 e. The molecule has 1 aromatic rings. The van der Waals surface area contributed by atoms with Gasteiger partial charge in [-0.1, -0.05) is 25.1 Å². The Kier molecular flexibility index (Phi) is 8.72. The second kappa shape index (κ2) is 10.8. The van der Waals surface area contributed by atoms with E-state index in [-0.39, 0.29) is 0 Å². The molecule has 1 fully saturated rings. The lowest BCUT2D eigenvalue weighted by Crippen LogP contribution is -2.48. The second-order valence-corrected chi connectivity index (χ2v) is 9.47. The van der Waals surface area contributed by atoms with Gasteiger partial charge in [0.2, 0.25) is 10.0 Å². The van der Waals surface area contributed by atoms with Crippen LogP contribution in [0.15, 0.2) is 34.2 Å². The summed E-state index contributed by atoms with van der Waals surface area (Å²) in [6.07, 6.45) is 3.38. The fourth-order valence-corrected chi connectivity index (χ4v) is 4.49. The first kappa shape index (κ1) is 22.6. The molecule has 8 heteroatoms. The third kappa shape index (κ3) is 6.18. The van der Waals surface area contributed by atoms with Crippen LogP contribution in [-0.4, -0.2) is 69.9 Å². The lowest BCUT2D eigenvalue weighted by atomic mass is 10.1. The van der Waals surface area contributed by atoms with Crippen molar-refractivity contribution < 1.29 is 8.42 Å². The van der Waals surface area contributed by atoms with Gasteiger partial charge in [0.25, 0.3) is 0 Å². The molecule has 0 amide bonds. The molecule has 158 valence electrons. The number of benzene rings is 1. The molecule has 2 N–H and O–H groups in total. The average molecular weight is 410 g/mol. The minimum absolute atomic E-state index is 0.312. The van der Waals surface area contributed by atoms with Crippen LogP contribution in [0.1, 0.15) is 38.7 Å². The molecule has 0 unspecified atom stereocenters. The van der Waals surface area contributed by atoms with Crippen LogP contribution in [0.5, 0.6) is 0 Å². The van der Waals surface area contributed by atoms with Crippen LogP contribution in [-0.2, 0) is 16.6 Å². The number of hydrogen-bond donors (Lipinski definition) is 2. The summed E-state index contributed by atoms with van der Waals surface area (Å²) in [4.78, 5) is 7.48. The van der Waals surface area contributed by atoms with Crippen LogP contribution in [0.3, 0.4) is 0 Å². The van der Waals surface area contributed by atoms with Gasteiger partial charge in [-0.2, -0.15) is 0 Å². The van der Waals surface area contributed by atoms with Crippen LogP contribution in [0.2, 0.25) is 0 Å². The summed E-state index contributed by atoms with van der Waals surface area (Å²) in [5.74, 6) is 0.744. The van der Waals surface area contributed by atoms with Gasteiger partial charge in [0.1, 0.15) is 0 Å². The predicted molar refractivity (Wildman–Crippen MR) is 115 cm³/mol. The van der Waals surface area contributed by atoms with E-state index in [4.69, 9.17) is 0 Å². The smallest absolute Gasteiger partial charge is 0.242 e. The molecule has 2 rings (SSSR count). The summed E-state index contributed by atoms with van der Waals surface area (Å²) in [5, 5.41) is 6.81. The molecule has 1 heterocycles. The molecule has 0 bridgehead atoms. The summed E-state index contributed by atoms with van der Waals surface area (Å²) in [6.45, 7) is 8.70. The number of piperidine rings is 1. The topological polar surface area (TPSA) is 77.0 Å². The molecule has 0 saturated carbocycles. The fraction of sp³-hybridized carbons (Fsp3) is 0.650. The highest BCUT2D eigenvalue weighted by Crippen LogP contribution is 2.19. The molecule has 0 spiro atoms. The van der Waals surface area contributed by atoms with Gasteiger partial charge in [0, 0.05) is 39.8 Å². The van der Waals surface area contributed by atoms with Gasteiger partial charge in [0.05, 0.1) is 11.4 Å². The molecule has 1 aromatic carbocycles. The van der Waals surface area contributed by atoms with Crippen molar-refractivity contribution >= 4 is 16.0 Å². The maximum absolute atomic E-state index is 12.6. The Hall–Kier alpha value is -1.64. The Balaban J connectivity index is 2.08. The monoisotopic (exact) mass is 409 g/mol. The van der Waals surface area contributed by atoms with Crippen LogP contribution in [0, 0.1) is 0 Å². The molecule has 28 heavy (non-hydrogen) atoms. The Morgan fingerprint density at radius 1 is 1.21 bits per heavy atom. The minimum Gasteiger partial charge on any atom is -0.357 e. The Morgan fingerprint density at radius 3 is 2.50 bits per heavy atom. The van der Waals surface area contributed by atoms with E-state index in [0.29, 0.717) is 23.0 Å². The lowest BCUT2D eigenvalue weighted by Gasteiger charge is -2.32. The fourth-order valence-electron chi connectivity index (χ4n) is 3.38. The standard InChI is InChI=1S/C20H35N5O2S/c1-5-13-25-14-11-18(12-15-25)23-20(21-6-2)22-16-17-9-7-8-10-19(17)28(26,27)24(3)4/h7-10,18H,5-6,11-16H2,1-4H3,(H2,21,22,23). The zero-order chi connectivity index (χ0) is 20.6. The van der Waals surface area contributed by atoms with E-state index in [1.54, 1.807) is 26.2 Å². The van der Waals surface area contributed by atoms with E-state index >= 15 is 0 Å². The van der Waals surface area contributed by atoms with Gasteiger partial charge in [-0.05, 0) is 44.4 Å². The first-order valence-corrected chi connectivity index (χ1v) is 11.6. The molecule has 0 atom stereocenters. The van der Waals surface area contributed by atoms with Gasteiger partial charge in [-0.25, -0.2) is 17.7 Å². The van der Waals surface area contributed by atoms with Crippen molar-refractivity contribution in [2.24, 2.45) is 4.99 Å². The Bertz CT molecular complexity index is 741. The maximum atomic E-state index is 12.6. The molecule has 1 saturated heterocycles. The van der Waals surface area contributed by atoms with E-state index in [1.807, 2.05) is 19.1 Å². The molecular formula is C20H35N5O2S. The third-order valence-corrected chi connectivity index (χ3v) is 6.87. The summed E-state index contributed by atoms with van der Waals surface area (Å²) in [6, 6.07) is 7.46. The lowest BCUT2D eigenvalue weighted by molar-refractivity contribution is 0.206.